The highest BCUT2D eigenvalue weighted by Crippen LogP contribution is 2.17. The number of nitrogens with one attached hydrogen (secondary N) is 1. The topological polar surface area (TPSA) is 76.6 Å². The maximum atomic E-state index is 5.87. The molecule has 0 spiro atoms. The second-order valence-electron chi connectivity index (χ2n) is 5.48. The van der Waals surface area contributed by atoms with Gasteiger partial charge in [-0.2, -0.15) is 0 Å². The van der Waals surface area contributed by atoms with Gasteiger partial charge in [0.2, 0.25) is 0 Å². The zero-order chi connectivity index (χ0) is 16.9. The number of hydrogen-bond donors (Lipinski definition) is 1. The minimum Gasteiger partial charge on any atom is -0.487 e. The van der Waals surface area contributed by atoms with Crippen LogP contribution in [0.4, 0.5) is 0 Å². The standard InChI is InChI=1S/C19H15N5O/c1-2-7-18-15(5-1)9-10-16(20-18)13-25-17-6-3-4-14(12-17)8-11-19-21-23-24-22-19/h1-12H,13H2,(H,21,22,23,24)/b11-8+. The molecule has 0 radical (unpaired) electrons. The normalized spacial score (nSPS) is 11.2. The number of H-pyrrole nitrogens is 1. The molecule has 2 aromatic heterocycles. The van der Waals surface area contributed by atoms with Crippen molar-refractivity contribution in [3.05, 3.63) is 77.7 Å². The number of benzene rings is 2. The van der Waals surface area contributed by atoms with Gasteiger partial charge in [-0.1, -0.05) is 42.5 Å². The number of hydrogen-bond acceptors (Lipinski definition) is 5. The first-order valence-electron chi connectivity index (χ1n) is 7.86. The van der Waals surface area contributed by atoms with Crippen LogP contribution in [0.3, 0.4) is 0 Å². The number of aromatic nitrogens is 5. The number of aromatic amines is 1. The Balaban J connectivity index is 1.46. The van der Waals surface area contributed by atoms with Gasteiger partial charge >= 0.3 is 0 Å². The van der Waals surface area contributed by atoms with Crippen LogP contribution in [0, 0.1) is 0 Å². The summed E-state index contributed by atoms with van der Waals surface area (Å²) in [6, 6.07) is 19.9. The van der Waals surface area contributed by atoms with E-state index in [1.165, 1.54) is 0 Å². The summed E-state index contributed by atoms with van der Waals surface area (Å²) >= 11 is 0. The number of para-hydroxylation sites is 1. The first-order chi connectivity index (χ1) is 12.4. The summed E-state index contributed by atoms with van der Waals surface area (Å²) in [4.78, 5) is 4.62. The highest BCUT2D eigenvalue weighted by molar-refractivity contribution is 5.78. The molecule has 0 aliphatic heterocycles. The predicted octanol–water partition coefficient (Wildman–Crippen LogP) is 3.50. The minimum atomic E-state index is 0.421. The summed E-state index contributed by atoms with van der Waals surface area (Å²) in [5, 5.41) is 14.7. The van der Waals surface area contributed by atoms with Crippen LogP contribution in [0.25, 0.3) is 23.1 Å². The number of ether oxygens (including phenoxy) is 1. The lowest BCUT2D eigenvalue weighted by Crippen LogP contribution is -1.98. The second-order valence-corrected chi connectivity index (χ2v) is 5.48. The summed E-state index contributed by atoms with van der Waals surface area (Å²) in [5.74, 6) is 1.39. The van der Waals surface area contributed by atoms with Crippen molar-refractivity contribution >= 4 is 23.1 Å². The summed E-state index contributed by atoms with van der Waals surface area (Å²) in [5.41, 5.74) is 2.87. The highest BCUT2D eigenvalue weighted by atomic mass is 16.5. The van der Waals surface area contributed by atoms with E-state index in [-0.39, 0.29) is 0 Å². The molecule has 0 bridgehead atoms. The van der Waals surface area contributed by atoms with E-state index >= 15 is 0 Å². The Morgan fingerprint density at radius 3 is 2.84 bits per heavy atom. The zero-order valence-corrected chi connectivity index (χ0v) is 13.3. The molecule has 25 heavy (non-hydrogen) atoms. The van der Waals surface area contributed by atoms with E-state index < -0.39 is 0 Å². The third-order valence-electron chi connectivity index (χ3n) is 3.70. The Morgan fingerprint density at radius 2 is 1.92 bits per heavy atom. The van der Waals surface area contributed by atoms with E-state index in [0.717, 1.165) is 27.9 Å². The van der Waals surface area contributed by atoms with Crippen LogP contribution in [0.1, 0.15) is 17.1 Å². The number of tetrazole rings is 1. The van der Waals surface area contributed by atoms with Crippen LogP contribution in [0.15, 0.2) is 60.7 Å². The first-order valence-corrected chi connectivity index (χ1v) is 7.86. The minimum absolute atomic E-state index is 0.421. The maximum absolute atomic E-state index is 5.87. The lowest BCUT2D eigenvalue weighted by molar-refractivity contribution is 0.302. The van der Waals surface area contributed by atoms with Crippen LogP contribution in [0.5, 0.6) is 5.75 Å². The van der Waals surface area contributed by atoms with Gasteiger partial charge in [-0.25, -0.2) is 10.1 Å². The molecule has 0 amide bonds. The summed E-state index contributed by atoms with van der Waals surface area (Å²) in [6.45, 7) is 0.421. The molecule has 0 saturated heterocycles. The fourth-order valence-electron chi connectivity index (χ4n) is 2.47. The molecule has 0 fully saturated rings. The van der Waals surface area contributed by atoms with Crippen LogP contribution >= 0.6 is 0 Å². The van der Waals surface area contributed by atoms with Crippen LogP contribution in [-0.4, -0.2) is 25.6 Å². The van der Waals surface area contributed by atoms with E-state index in [1.807, 2.05) is 66.7 Å². The molecule has 6 heteroatoms. The van der Waals surface area contributed by atoms with Gasteiger partial charge < -0.3 is 4.74 Å². The van der Waals surface area contributed by atoms with Crippen molar-refractivity contribution in [3.63, 3.8) is 0 Å². The predicted molar refractivity (Wildman–Crippen MR) is 95.6 cm³/mol. The molecule has 4 rings (SSSR count). The first kappa shape index (κ1) is 15.0. The Kier molecular flexibility index (Phi) is 4.16. The Hall–Kier alpha value is -3.54. The van der Waals surface area contributed by atoms with Crippen molar-refractivity contribution in [2.24, 2.45) is 0 Å². The number of nitrogens with zero attached hydrogens (tertiary/aromatic N) is 4. The van der Waals surface area contributed by atoms with Crippen molar-refractivity contribution in [2.45, 2.75) is 6.61 Å². The number of fused-ring (bicyclic) bond motifs is 1. The molecule has 0 aliphatic rings. The average Bonchev–Trinajstić information content (AvgIpc) is 3.19. The van der Waals surface area contributed by atoms with E-state index in [9.17, 15) is 0 Å². The molecule has 2 aromatic carbocycles. The van der Waals surface area contributed by atoms with Crippen molar-refractivity contribution in [3.8, 4) is 5.75 Å². The van der Waals surface area contributed by atoms with E-state index in [1.54, 1.807) is 0 Å². The number of rotatable bonds is 5. The van der Waals surface area contributed by atoms with Gasteiger partial charge in [-0.05, 0) is 46.3 Å². The van der Waals surface area contributed by atoms with Crippen molar-refractivity contribution < 1.29 is 4.74 Å². The lowest BCUT2D eigenvalue weighted by atomic mass is 10.2. The lowest BCUT2D eigenvalue weighted by Gasteiger charge is -2.07. The molecule has 2 heterocycles. The molecule has 0 aliphatic carbocycles. The van der Waals surface area contributed by atoms with E-state index in [2.05, 4.69) is 31.7 Å². The largest absolute Gasteiger partial charge is 0.487 e. The highest BCUT2D eigenvalue weighted by Gasteiger charge is 2.00. The van der Waals surface area contributed by atoms with Gasteiger partial charge in [-0.15, -0.1) is 5.10 Å². The molecule has 0 unspecified atom stereocenters. The van der Waals surface area contributed by atoms with E-state index in [0.29, 0.717) is 12.4 Å². The Labute approximate surface area is 144 Å². The van der Waals surface area contributed by atoms with Crippen molar-refractivity contribution in [2.75, 3.05) is 0 Å². The van der Waals surface area contributed by atoms with E-state index in [4.69, 9.17) is 4.74 Å². The third kappa shape index (κ3) is 3.69. The third-order valence-corrected chi connectivity index (χ3v) is 3.70. The quantitative estimate of drug-likeness (QED) is 0.606. The van der Waals surface area contributed by atoms with Gasteiger partial charge in [0.25, 0.3) is 0 Å². The van der Waals surface area contributed by atoms with Crippen LogP contribution in [-0.2, 0) is 6.61 Å². The second kappa shape index (κ2) is 6.92. The van der Waals surface area contributed by atoms with Crippen LogP contribution < -0.4 is 4.74 Å². The molecule has 1 N–H and O–H groups in total. The smallest absolute Gasteiger partial charge is 0.172 e. The monoisotopic (exact) mass is 329 g/mol. The van der Waals surface area contributed by atoms with Crippen molar-refractivity contribution in [1.29, 1.82) is 0 Å². The maximum Gasteiger partial charge on any atom is 0.172 e. The fraction of sp³-hybridized carbons (Fsp3) is 0.0526. The van der Waals surface area contributed by atoms with Crippen molar-refractivity contribution in [1.82, 2.24) is 25.6 Å². The van der Waals surface area contributed by atoms with Gasteiger partial charge in [-0.3, -0.25) is 0 Å². The molecule has 0 atom stereocenters. The Morgan fingerprint density at radius 1 is 0.960 bits per heavy atom. The summed E-state index contributed by atoms with van der Waals surface area (Å²) < 4.78 is 5.87. The SMILES string of the molecule is C(=C\c1nnn[nH]1)/c1cccc(OCc2ccc3ccccc3n2)c1. The van der Waals surface area contributed by atoms with Gasteiger partial charge in [0.1, 0.15) is 12.4 Å². The molecule has 4 aromatic rings. The fourth-order valence-corrected chi connectivity index (χ4v) is 2.47. The summed E-state index contributed by atoms with van der Waals surface area (Å²) in [7, 11) is 0. The van der Waals surface area contributed by atoms with Gasteiger partial charge in [0.15, 0.2) is 5.82 Å². The molecule has 0 saturated carbocycles. The van der Waals surface area contributed by atoms with Gasteiger partial charge in [0.05, 0.1) is 11.2 Å². The molecular weight excluding hydrogens is 314 g/mol. The summed E-state index contributed by atoms with van der Waals surface area (Å²) in [6.07, 6.45) is 3.73. The average molecular weight is 329 g/mol. The molecule has 6 nitrogen and oxygen atoms in total. The zero-order valence-electron chi connectivity index (χ0n) is 13.3. The van der Waals surface area contributed by atoms with Gasteiger partial charge in [0, 0.05) is 5.39 Å². The van der Waals surface area contributed by atoms with Crippen LogP contribution in [0.2, 0.25) is 0 Å². The number of pyridine rings is 1. The Bertz CT molecular complexity index is 1010. The molecule has 122 valence electrons. The molecular formula is C19H15N5O.